The zero-order valence-electron chi connectivity index (χ0n) is 24.2. The van der Waals surface area contributed by atoms with Gasteiger partial charge in [-0.15, -0.1) is 11.3 Å². The van der Waals surface area contributed by atoms with Crippen LogP contribution in [0.2, 0.25) is 0 Å². The van der Waals surface area contributed by atoms with Gasteiger partial charge in [0, 0.05) is 33.8 Å². The van der Waals surface area contributed by atoms with E-state index in [2.05, 4.69) is 150 Å². The van der Waals surface area contributed by atoms with Crippen LogP contribution >= 0.6 is 11.3 Å². The van der Waals surface area contributed by atoms with Crippen molar-refractivity contribution in [2.24, 2.45) is 0 Å². The number of nitrogens with zero attached hydrogens (tertiary/aromatic N) is 2. The Kier molecular flexibility index (Phi) is 6.00. The zero-order valence-corrected chi connectivity index (χ0v) is 25.0. The van der Waals surface area contributed by atoms with Gasteiger partial charge in [-0.2, -0.15) is 0 Å². The lowest BCUT2D eigenvalue weighted by Gasteiger charge is -2.25. The summed E-state index contributed by atoms with van der Waals surface area (Å²) in [6.45, 7) is 0. The van der Waals surface area contributed by atoms with Crippen molar-refractivity contribution >= 4 is 71.3 Å². The molecule has 0 bridgehead atoms. The molecule has 2 aromatic heterocycles. The van der Waals surface area contributed by atoms with Gasteiger partial charge < -0.3 is 9.32 Å². The molecule has 0 radical (unpaired) electrons. The highest BCUT2D eigenvalue weighted by Gasteiger charge is 2.20. The number of anilines is 3. The van der Waals surface area contributed by atoms with Gasteiger partial charge in [-0.05, 0) is 64.4 Å². The number of furan rings is 1. The Labute approximate surface area is 264 Å². The van der Waals surface area contributed by atoms with Crippen LogP contribution in [-0.4, -0.2) is 4.98 Å². The molecule has 0 aliphatic rings. The van der Waals surface area contributed by atoms with Crippen molar-refractivity contribution in [1.82, 2.24) is 4.98 Å². The van der Waals surface area contributed by atoms with E-state index in [1.807, 2.05) is 12.1 Å². The zero-order chi connectivity index (χ0) is 29.7. The van der Waals surface area contributed by atoms with Gasteiger partial charge >= 0.3 is 0 Å². The Balaban J connectivity index is 1.17. The summed E-state index contributed by atoms with van der Waals surface area (Å²) >= 11 is 1.73. The fraction of sp³-hybridized carbons (Fsp3) is 0. The van der Waals surface area contributed by atoms with Crippen molar-refractivity contribution in [3.05, 3.63) is 158 Å². The first-order valence-corrected chi connectivity index (χ1v) is 15.9. The number of thiazole rings is 1. The summed E-state index contributed by atoms with van der Waals surface area (Å²) in [7, 11) is 0. The van der Waals surface area contributed by atoms with E-state index in [4.69, 9.17) is 9.40 Å². The molecule has 0 fully saturated rings. The van der Waals surface area contributed by atoms with Gasteiger partial charge in [0.1, 0.15) is 10.6 Å². The second-order valence-corrected chi connectivity index (χ2v) is 12.3. The molecule has 0 unspecified atom stereocenters. The predicted molar refractivity (Wildman–Crippen MR) is 190 cm³/mol. The molecule has 9 rings (SSSR count). The van der Waals surface area contributed by atoms with Crippen molar-refractivity contribution in [3.63, 3.8) is 0 Å². The third-order valence-electron chi connectivity index (χ3n) is 8.47. The number of aromatic nitrogens is 1. The maximum absolute atomic E-state index is 6.70. The average Bonchev–Trinajstić information content (AvgIpc) is 3.69. The molecule has 0 amide bonds. The van der Waals surface area contributed by atoms with Crippen LogP contribution < -0.4 is 4.90 Å². The van der Waals surface area contributed by atoms with Gasteiger partial charge in [0.15, 0.2) is 5.58 Å². The summed E-state index contributed by atoms with van der Waals surface area (Å²) in [5.41, 5.74) is 9.30. The van der Waals surface area contributed by atoms with Crippen LogP contribution in [0.25, 0.3) is 64.6 Å². The Hall–Kier alpha value is -5.71. The minimum absolute atomic E-state index is 0.841. The first-order valence-electron chi connectivity index (χ1n) is 15.0. The van der Waals surface area contributed by atoms with E-state index >= 15 is 0 Å². The Morgan fingerprint density at radius 3 is 2.02 bits per heavy atom. The molecule has 0 saturated carbocycles. The summed E-state index contributed by atoms with van der Waals surface area (Å²) in [6.07, 6.45) is 0. The molecule has 0 aliphatic heterocycles. The Bertz CT molecular complexity index is 2480. The van der Waals surface area contributed by atoms with Gasteiger partial charge in [0.2, 0.25) is 0 Å². The van der Waals surface area contributed by atoms with Crippen molar-refractivity contribution < 1.29 is 4.42 Å². The van der Waals surface area contributed by atoms with E-state index in [0.29, 0.717) is 0 Å². The molecular formula is C41H26N2OS. The topological polar surface area (TPSA) is 29.3 Å². The van der Waals surface area contributed by atoms with E-state index in [1.165, 1.54) is 21.9 Å². The second-order valence-electron chi connectivity index (χ2n) is 11.2. The largest absolute Gasteiger partial charge is 0.454 e. The molecule has 45 heavy (non-hydrogen) atoms. The van der Waals surface area contributed by atoms with Crippen LogP contribution in [0.3, 0.4) is 0 Å². The van der Waals surface area contributed by atoms with E-state index < -0.39 is 0 Å². The Morgan fingerprint density at radius 1 is 0.511 bits per heavy atom. The average molecular weight is 595 g/mol. The summed E-state index contributed by atoms with van der Waals surface area (Å²) in [5, 5.41) is 5.66. The van der Waals surface area contributed by atoms with Crippen LogP contribution in [0, 0.1) is 0 Å². The van der Waals surface area contributed by atoms with Crippen molar-refractivity contribution in [2.75, 3.05) is 4.90 Å². The molecule has 4 heteroatoms. The van der Waals surface area contributed by atoms with E-state index in [0.717, 1.165) is 59.8 Å². The van der Waals surface area contributed by atoms with Crippen molar-refractivity contribution in [1.29, 1.82) is 0 Å². The lowest BCUT2D eigenvalue weighted by atomic mass is 10.0. The Morgan fingerprint density at radius 2 is 1.20 bits per heavy atom. The number of hydrogen-bond acceptors (Lipinski definition) is 4. The first-order chi connectivity index (χ1) is 22.3. The molecule has 0 N–H and O–H groups in total. The number of hydrogen-bond donors (Lipinski definition) is 0. The lowest BCUT2D eigenvalue weighted by molar-refractivity contribution is 0.669. The second kappa shape index (κ2) is 10.5. The van der Waals surface area contributed by atoms with Gasteiger partial charge in [-0.1, -0.05) is 109 Å². The SMILES string of the molecule is c1ccc(-c2ccc(N(c3ccccc3)c3cccc4c3oc3cc5nc(-c6ccc7ccccc7c6)sc5cc34)cc2)cc1. The summed E-state index contributed by atoms with van der Waals surface area (Å²) < 4.78 is 7.85. The highest BCUT2D eigenvalue weighted by atomic mass is 32.1. The number of fused-ring (bicyclic) bond motifs is 5. The van der Waals surface area contributed by atoms with Gasteiger partial charge in [-0.3, -0.25) is 0 Å². The molecule has 9 aromatic rings. The maximum atomic E-state index is 6.70. The minimum Gasteiger partial charge on any atom is -0.454 e. The molecular weight excluding hydrogens is 569 g/mol. The molecule has 7 aromatic carbocycles. The fourth-order valence-electron chi connectivity index (χ4n) is 6.26. The highest BCUT2D eigenvalue weighted by Crippen LogP contribution is 2.44. The van der Waals surface area contributed by atoms with E-state index in [9.17, 15) is 0 Å². The van der Waals surface area contributed by atoms with Crippen LogP contribution in [0.4, 0.5) is 17.1 Å². The molecule has 3 nitrogen and oxygen atoms in total. The van der Waals surface area contributed by atoms with Crippen molar-refractivity contribution in [3.8, 4) is 21.7 Å². The molecule has 2 heterocycles. The van der Waals surface area contributed by atoms with Gasteiger partial charge in [0.25, 0.3) is 0 Å². The molecule has 212 valence electrons. The monoisotopic (exact) mass is 594 g/mol. The van der Waals surface area contributed by atoms with Crippen LogP contribution in [-0.2, 0) is 0 Å². The normalized spacial score (nSPS) is 11.6. The van der Waals surface area contributed by atoms with Crippen LogP contribution in [0.5, 0.6) is 0 Å². The first kappa shape index (κ1) is 25.8. The quantitative estimate of drug-likeness (QED) is 0.198. The smallest absolute Gasteiger partial charge is 0.159 e. The lowest BCUT2D eigenvalue weighted by Crippen LogP contribution is -2.10. The van der Waals surface area contributed by atoms with Gasteiger partial charge in [-0.25, -0.2) is 4.98 Å². The summed E-state index contributed by atoms with van der Waals surface area (Å²) in [6, 6.07) is 55.5. The minimum atomic E-state index is 0.841. The standard InChI is InChI=1S/C41H26N2OS/c1-3-10-27(11-4-1)29-20-22-33(23-21-29)43(32-14-5-2-6-15-32)37-17-9-16-34-35-25-39-36(26-38(35)44-40(34)37)42-41(45-39)31-19-18-28-12-7-8-13-30(28)24-31/h1-26H. The number of benzene rings is 7. The van der Waals surface area contributed by atoms with E-state index in [1.54, 1.807) is 11.3 Å². The predicted octanol–water partition coefficient (Wildman–Crippen LogP) is 12.2. The summed E-state index contributed by atoms with van der Waals surface area (Å²) in [5.74, 6) is 0. The molecule has 0 aliphatic carbocycles. The fourth-order valence-corrected chi connectivity index (χ4v) is 7.25. The third-order valence-corrected chi connectivity index (χ3v) is 9.54. The van der Waals surface area contributed by atoms with Gasteiger partial charge in [0.05, 0.1) is 15.9 Å². The number of para-hydroxylation sites is 2. The van der Waals surface area contributed by atoms with Crippen molar-refractivity contribution in [2.45, 2.75) is 0 Å². The number of rotatable bonds is 5. The molecule has 0 spiro atoms. The van der Waals surface area contributed by atoms with Crippen LogP contribution in [0.15, 0.2) is 162 Å². The van der Waals surface area contributed by atoms with Crippen LogP contribution in [0.1, 0.15) is 0 Å². The third kappa shape index (κ3) is 4.46. The molecule has 0 saturated heterocycles. The maximum Gasteiger partial charge on any atom is 0.159 e. The van der Waals surface area contributed by atoms with E-state index in [-0.39, 0.29) is 0 Å². The summed E-state index contributed by atoms with van der Waals surface area (Å²) in [4.78, 5) is 7.32. The molecule has 0 atom stereocenters. The highest BCUT2D eigenvalue weighted by molar-refractivity contribution is 7.21.